The molecule has 2 rings (SSSR count). The summed E-state index contributed by atoms with van der Waals surface area (Å²) in [5.74, 6) is -0.715. The van der Waals surface area contributed by atoms with Crippen LogP contribution < -0.4 is 10.5 Å². The Bertz CT molecular complexity index is 639. The van der Waals surface area contributed by atoms with Gasteiger partial charge in [0.2, 0.25) is 5.91 Å². The minimum Gasteiger partial charge on any atom is -0.457 e. The fourth-order valence-electron chi connectivity index (χ4n) is 1.81. The van der Waals surface area contributed by atoms with Crippen LogP contribution in [0.15, 0.2) is 48.5 Å². The molecule has 110 valence electrons. The number of carbonyl (C=O) groups is 1. The van der Waals surface area contributed by atoms with E-state index in [9.17, 15) is 18.0 Å². The highest BCUT2D eigenvalue weighted by Gasteiger charge is 2.35. The highest BCUT2D eigenvalue weighted by molar-refractivity contribution is 5.76. The molecule has 2 aromatic carbocycles. The topological polar surface area (TPSA) is 52.3 Å². The van der Waals surface area contributed by atoms with Gasteiger partial charge in [0.15, 0.2) is 0 Å². The number of hydrogen-bond donors (Lipinski definition) is 1. The highest BCUT2D eigenvalue weighted by Crippen LogP contribution is 2.38. The van der Waals surface area contributed by atoms with Crippen molar-refractivity contribution in [1.82, 2.24) is 0 Å². The van der Waals surface area contributed by atoms with Crippen molar-refractivity contribution < 1.29 is 22.7 Å². The van der Waals surface area contributed by atoms with E-state index in [1.165, 1.54) is 12.1 Å². The quantitative estimate of drug-likeness (QED) is 0.938. The number of amides is 1. The first-order valence-electron chi connectivity index (χ1n) is 6.07. The molecular formula is C15H12F3NO2. The summed E-state index contributed by atoms with van der Waals surface area (Å²) in [5.41, 5.74) is 4.24. The number of benzene rings is 2. The van der Waals surface area contributed by atoms with Crippen molar-refractivity contribution >= 4 is 5.91 Å². The lowest BCUT2D eigenvalue weighted by Gasteiger charge is -2.15. The van der Waals surface area contributed by atoms with Crippen LogP contribution in [0.4, 0.5) is 13.2 Å². The van der Waals surface area contributed by atoms with E-state index in [1.54, 1.807) is 30.3 Å². The molecule has 6 heteroatoms. The van der Waals surface area contributed by atoms with Gasteiger partial charge < -0.3 is 10.5 Å². The predicted molar refractivity (Wildman–Crippen MR) is 70.9 cm³/mol. The lowest BCUT2D eigenvalue weighted by Crippen LogP contribution is -2.15. The minimum absolute atomic E-state index is 0.190. The van der Waals surface area contributed by atoms with Crippen LogP contribution in [0.2, 0.25) is 0 Å². The smallest absolute Gasteiger partial charge is 0.419 e. The van der Waals surface area contributed by atoms with Gasteiger partial charge >= 0.3 is 6.18 Å². The summed E-state index contributed by atoms with van der Waals surface area (Å²) in [6.45, 7) is 0. The van der Waals surface area contributed by atoms with Crippen LogP contribution in [0.25, 0.3) is 0 Å². The summed E-state index contributed by atoms with van der Waals surface area (Å²) < 4.78 is 44.5. The highest BCUT2D eigenvalue weighted by atomic mass is 19.4. The lowest BCUT2D eigenvalue weighted by atomic mass is 10.1. The van der Waals surface area contributed by atoms with Crippen LogP contribution >= 0.6 is 0 Å². The second-order valence-corrected chi connectivity index (χ2v) is 4.39. The molecule has 0 aliphatic heterocycles. The molecule has 0 unspecified atom stereocenters. The molecule has 3 nitrogen and oxygen atoms in total. The second kappa shape index (κ2) is 5.87. The number of alkyl halides is 3. The summed E-state index contributed by atoms with van der Waals surface area (Å²) in [4.78, 5) is 10.8. The fraction of sp³-hybridized carbons (Fsp3) is 0.133. The van der Waals surface area contributed by atoms with Crippen molar-refractivity contribution in [2.45, 2.75) is 12.6 Å². The van der Waals surface area contributed by atoms with Gasteiger partial charge in [0.25, 0.3) is 0 Å². The maximum Gasteiger partial charge on any atom is 0.419 e. The molecule has 0 saturated carbocycles. The van der Waals surface area contributed by atoms with Crippen LogP contribution in [-0.4, -0.2) is 5.91 Å². The maximum atomic E-state index is 13.1. The Kier molecular flexibility index (Phi) is 4.16. The molecular weight excluding hydrogens is 283 g/mol. The molecule has 0 aliphatic rings. The average molecular weight is 295 g/mol. The molecule has 0 heterocycles. The zero-order valence-corrected chi connectivity index (χ0v) is 10.9. The third-order valence-corrected chi connectivity index (χ3v) is 2.70. The Labute approximate surface area is 119 Å². The molecule has 0 aromatic heterocycles. The lowest BCUT2D eigenvalue weighted by molar-refractivity contribution is -0.138. The zero-order valence-electron chi connectivity index (χ0n) is 10.9. The molecule has 0 spiro atoms. The predicted octanol–water partition coefficient (Wildman–Crippen LogP) is 3.53. The Morgan fingerprint density at radius 3 is 2.33 bits per heavy atom. The normalized spacial score (nSPS) is 11.2. The van der Waals surface area contributed by atoms with E-state index in [0.717, 1.165) is 6.07 Å². The minimum atomic E-state index is -4.59. The Balaban J connectivity index is 2.38. The molecule has 0 fully saturated rings. The van der Waals surface area contributed by atoms with E-state index in [1.807, 2.05) is 0 Å². The van der Waals surface area contributed by atoms with Gasteiger partial charge in [0.05, 0.1) is 12.0 Å². The number of hydrogen-bond acceptors (Lipinski definition) is 2. The Hall–Kier alpha value is -2.50. The first-order chi connectivity index (χ1) is 9.86. The molecule has 2 N–H and O–H groups in total. The number of ether oxygens (including phenoxy) is 1. The molecule has 0 saturated heterocycles. The first kappa shape index (κ1) is 14.9. The summed E-state index contributed by atoms with van der Waals surface area (Å²) in [6.07, 6.45) is -4.84. The van der Waals surface area contributed by atoms with Crippen molar-refractivity contribution in [2.75, 3.05) is 0 Å². The van der Waals surface area contributed by atoms with E-state index < -0.39 is 17.6 Å². The van der Waals surface area contributed by atoms with E-state index in [-0.39, 0.29) is 17.7 Å². The maximum absolute atomic E-state index is 13.1. The van der Waals surface area contributed by atoms with E-state index in [0.29, 0.717) is 5.75 Å². The van der Waals surface area contributed by atoms with Crippen LogP contribution in [0.3, 0.4) is 0 Å². The number of rotatable bonds is 4. The number of halogens is 3. The Morgan fingerprint density at radius 1 is 1.10 bits per heavy atom. The van der Waals surface area contributed by atoms with Gasteiger partial charge in [0, 0.05) is 0 Å². The van der Waals surface area contributed by atoms with Gasteiger partial charge in [0.1, 0.15) is 11.5 Å². The van der Waals surface area contributed by atoms with Crippen molar-refractivity contribution in [3.8, 4) is 11.5 Å². The van der Waals surface area contributed by atoms with Crippen molar-refractivity contribution in [3.05, 3.63) is 59.7 Å². The molecule has 2 aromatic rings. The SMILES string of the molecule is NC(=O)Cc1ccc(Oc2ccccc2)c(C(F)(F)F)c1. The van der Waals surface area contributed by atoms with Crippen LogP contribution in [-0.2, 0) is 17.4 Å². The van der Waals surface area contributed by atoms with Gasteiger partial charge in [-0.05, 0) is 29.8 Å². The second-order valence-electron chi connectivity index (χ2n) is 4.39. The standard InChI is InChI=1S/C15H12F3NO2/c16-15(17,18)12-8-10(9-14(19)20)6-7-13(12)21-11-4-2-1-3-5-11/h1-8H,9H2,(H2,19,20). The number of nitrogens with two attached hydrogens (primary N) is 1. The molecule has 1 amide bonds. The van der Waals surface area contributed by atoms with Crippen molar-refractivity contribution in [3.63, 3.8) is 0 Å². The van der Waals surface area contributed by atoms with Gasteiger partial charge in [-0.1, -0.05) is 24.3 Å². The molecule has 0 radical (unpaired) electrons. The van der Waals surface area contributed by atoms with Gasteiger partial charge in [-0.3, -0.25) is 4.79 Å². The third kappa shape index (κ3) is 3.98. The first-order valence-corrected chi connectivity index (χ1v) is 6.07. The summed E-state index contributed by atoms with van der Waals surface area (Å²) in [5, 5.41) is 0. The van der Waals surface area contributed by atoms with Gasteiger partial charge in [-0.15, -0.1) is 0 Å². The van der Waals surface area contributed by atoms with Crippen LogP contribution in [0.1, 0.15) is 11.1 Å². The van der Waals surface area contributed by atoms with Crippen LogP contribution in [0, 0.1) is 0 Å². The van der Waals surface area contributed by atoms with Crippen molar-refractivity contribution in [1.29, 1.82) is 0 Å². The van der Waals surface area contributed by atoms with Gasteiger partial charge in [-0.2, -0.15) is 13.2 Å². The largest absolute Gasteiger partial charge is 0.457 e. The van der Waals surface area contributed by atoms with Crippen molar-refractivity contribution in [2.24, 2.45) is 5.73 Å². The molecule has 0 bridgehead atoms. The average Bonchev–Trinajstić information content (AvgIpc) is 2.40. The van der Waals surface area contributed by atoms with Crippen LogP contribution in [0.5, 0.6) is 11.5 Å². The van der Waals surface area contributed by atoms with Gasteiger partial charge in [-0.25, -0.2) is 0 Å². The summed E-state index contributed by atoms with van der Waals surface area (Å²) >= 11 is 0. The fourth-order valence-corrected chi connectivity index (χ4v) is 1.81. The summed E-state index contributed by atoms with van der Waals surface area (Å²) in [6, 6.07) is 11.6. The monoisotopic (exact) mass is 295 g/mol. The van der Waals surface area contributed by atoms with E-state index in [2.05, 4.69) is 0 Å². The van der Waals surface area contributed by atoms with E-state index in [4.69, 9.17) is 10.5 Å². The zero-order chi connectivity index (χ0) is 15.5. The Morgan fingerprint density at radius 2 is 1.76 bits per heavy atom. The number of para-hydroxylation sites is 1. The molecule has 21 heavy (non-hydrogen) atoms. The third-order valence-electron chi connectivity index (χ3n) is 2.70. The summed E-state index contributed by atoms with van der Waals surface area (Å²) in [7, 11) is 0. The number of carbonyl (C=O) groups excluding carboxylic acids is 1. The number of primary amides is 1. The van der Waals surface area contributed by atoms with E-state index >= 15 is 0 Å². The molecule has 0 atom stereocenters. The molecule has 0 aliphatic carbocycles.